The van der Waals surface area contributed by atoms with Crippen molar-refractivity contribution in [2.75, 3.05) is 0 Å². The van der Waals surface area contributed by atoms with Gasteiger partial charge in [0.2, 0.25) is 0 Å². The molecule has 0 saturated heterocycles. The molecule has 1 atom stereocenters. The van der Waals surface area contributed by atoms with Gasteiger partial charge in [-0.3, -0.25) is 4.03 Å². The number of hydrogen-bond acceptors (Lipinski definition) is 5. The van der Waals surface area contributed by atoms with E-state index in [1.165, 1.54) is 12.1 Å². The smallest absolute Gasteiger partial charge is 0.433 e. The molecular formula is C18H29BrN2O5SSi. The van der Waals surface area contributed by atoms with E-state index in [1.807, 2.05) is 33.9 Å². The summed E-state index contributed by atoms with van der Waals surface area (Å²) in [5.74, 6) is 0. The van der Waals surface area contributed by atoms with Crippen molar-refractivity contribution in [1.29, 1.82) is 0 Å². The number of ether oxygens (including phenoxy) is 1. The standard InChI is InChI=1S/C18H29BrN2O5SSi/c1-17(2,3)26-16(24)21(15(22)23)27(25,14-11-9-10-13(19)12-14)20-28(7,8)18(4,5)6/h9-12H,1-8H3,(H,22,23). The Labute approximate surface area is 177 Å². The minimum Gasteiger partial charge on any atom is -0.464 e. The first kappa shape index (κ1) is 24.6. The Morgan fingerprint density at radius 2 is 1.71 bits per heavy atom. The fourth-order valence-corrected chi connectivity index (χ4v) is 7.93. The molecule has 0 aliphatic rings. The van der Waals surface area contributed by atoms with E-state index in [1.54, 1.807) is 32.9 Å². The van der Waals surface area contributed by atoms with E-state index in [0.29, 0.717) is 4.47 Å². The van der Waals surface area contributed by atoms with Gasteiger partial charge in [-0.1, -0.05) is 42.8 Å². The van der Waals surface area contributed by atoms with Crippen LogP contribution in [0, 0.1) is 0 Å². The van der Waals surface area contributed by atoms with Gasteiger partial charge in [0, 0.05) is 4.47 Å². The zero-order chi connectivity index (χ0) is 22.1. The van der Waals surface area contributed by atoms with Crippen LogP contribution in [0.1, 0.15) is 41.5 Å². The topological polar surface area (TPSA) is 96.3 Å². The van der Waals surface area contributed by atoms with Crippen LogP contribution >= 0.6 is 15.9 Å². The van der Waals surface area contributed by atoms with Gasteiger partial charge in [0.1, 0.15) is 5.60 Å². The molecule has 0 aliphatic carbocycles. The summed E-state index contributed by atoms with van der Waals surface area (Å²) in [5, 5.41) is 9.48. The lowest BCUT2D eigenvalue weighted by Crippen LogP contribution is -2.46. The molecule has 7 nitrogen and oxygen atoms in total. The van der Waals surface area contributed by atoms with Crippen molar-refractivity contribution in [3.05, 3.63) is 28.7 Å². The quantitative estimate of drug-likeness (QED) is 0.513. The lowest BCUT2D eigenvalue weighted by atomic mass is 10.2. The average Bonchev–Trinajstić information content (AvgIpc) is 2.42. The zero-order valence-corrected chi connectivity index (χ0v) is 21.0. The second-order valence-electron chi connectivity index (χ2n) is 8.91. The first-order chi connectivity index (χ1) is 12.4. The molecule has 1 aromatic rings. The Hall–Kier alpha value is -1.39. The van der Waals surface area contributed by atoms with E-state index in [0.717, 1.165) is 0 Å². The van der Waals surface area contributed by atoms with E-state index in [-0.39, 0.29) is 14.2 Å². The largest absolute Gasteiger partial charge is 0.464 e. The van der Waals surface area contributed by atoms with Crippen LogP contribution in [0.5, 0.6) is 0 Å². The summed E-state index contributed by atoms with van der Waals surface area (Å²) in [6.07, 6.45) is -2.89. The molecule has 0 bridgehead atoms. The molecule has 0 aliphatic heterocycles. The van der Waals surface area contributed by atoms with E-state index in [2.05, 4.69) is 20.0 Å². The number of benzene rings is 1. The Morgan fingerprint density at radius 3 is 2.11 bits per heavy atom. The molecule has 0 saturated carbocycles. The molecule has 0 fully saturated rings. The molecule has 1 unspecified atom stereocenters. The number of carboxylic acid groups (broad SMARTS) is 1. The maximum absolute atomic E-state index is 14.2. The summed E-state index contributed by atoms with van der Waals surface area (Å²) in [6, 6.07) is 6.35. The summed E-state index contributed by atoms with van der Waals surface area (Å²) in [7, 11) is -6.46. The number of amides is 2. The summed E-state index contributed by atoms with van der Waals surface area (Å²) in [5.41, 5.74) is -0.959. The minimum atomic E-state index is -3.83. The predicted molar refractivity (Wildman–Crippen MR) is 116 cm³/mol. The predicted octanol–water partition coefficient (Wildman–Crippen LogP) is 6.11. The normalized spacial score (nSPS) is 14.8. The first-order valence-corrected chi connectivity index (χ1v) is 13.9. The number of carbonyl (C=O) groups excluding carboxylic acids is 1. The van der Waals surface area contributed by atoms with Gasteiger partial charge in [-0.25, -0.2) is 13.8 Å². The highest BCUT2D eigenvalue weighted by atomic mass is 79.9. The van der Waals surface area contributed by atoms with Gasteiger partial charge < -0.3 is 9.84 Å². The van der Waals surface area contributed by atoms with Crippen LogP contribution in [-0.4, -0.2) is 39.6 Å². The number of rotatable bonds is 3. The SMILES string of the molecule is CC(C)(C)OC(=O)N(C(=O)O)S(=O)(=N[Si](C)(C)C(C)(C)C)c1cccc(Br)c1. The van der Waals surface area contributed by atoms with Gasteiger partial charge in [0.25, 0.3) is 0 Å². The molecule has 0 spiro atoms. The van der Waals surface area contributed by atoms with Crippen LogP contribution < -0.4 is 0 Å². The number of halogens is 1. The highest BCUT2D eigenvalue weighted by Gasteiger charge is 2.43. The summed E-state index contributed by atoms with van der Waals surface area (Å²) >= 11 is 3.31. The third-order valence-electron chi connectivity index (χ3n) is 4.27. The van der Waals surface area contributed by atoms with Crippen LogP contribution in [0.15, 0.2) is 37.7 Å². The summed E-state index contributed by atoms with van der Waals surface area (Å²) in [6.45, 7) is 14.5. The van der Waals surface area contributed by atoms with Crippen molar-refractivity contribution in [2.24, 2.45) is 4.03 Å². The highest BCUT2D eigenvalue weighted by Crippen LogP contribution is 2.39. The number of carbonyl (C=O) groups is 2. The molecule has 0 radical (unpaired) electrons. The van der Waals surface area contributed by atoms with E-state index in [9.17, 15) is 18.9 Å². The molecule has 0 heterocycles. The summed E-state index contributed by atoms with van der Waals surface area (Å²) < 4.78 is 24.8. The van der Waals surface area contributed by atoms with Crippen LogP contribution in [-0.2, 0) is 14.7 Å². The molecule has 2 amide bonds. The van der Waals surface area contributed by atoms with Crippen LogP contribution in [0.2, 0.25) is 18.1 Å². The van der Waals surface area contributed by atoms with Crippen molar-refractivity contribution in [3.63, 3.8) is 0 Å². The summed E-state index contributed by atoms with van der Waals surface area (Å²) in [4.78, 5) is 24.9. The molecule has 158 valence electrons. The fourth-order valence-electron chi connectivity index (χ4n) is 1.87. The lowest BCUT2D eigenvalue weighted by molar-refractivity contribution is 0.0404. The van der Waals surface area contributed by atoms with E-state index >= 15 is 0 Å². The lowest BCUT2D eigenvalue weighted by Gasteiger charge is -2.35. The van der Waals surface area contributed by atoms with E-state index < -0.39 is 35.9 Å². The van der Waals surface area contributed by atoms with Gasteiger partial charge in [0.05, 0.1) is 4.90 Å². The van der Waals surface area contributed by atoms with Crippen molar-refractivity contribution >= 4 is 46.3 Å². The maximum Gasteiger partial charge on any atom is 0.433 e. The van der Waals surface area contributed by atoms with Crippen LogP contribution in [0.3, 0.4) is 0 Å². The Morgan fingerprint density at radius 1 is 1.18 bits per heavy atom. The first-order valence-electron chi connectivity index (χ1n) is 8.71. The van der Waals surface area contributed by atoms with Crippen LogP contribution in [0.4, 0.5) is 9.59 Å². The monoisotopic (exact) mass is 492 g/mol. The average molecular weight is 493 g/mol. The van der Waals surface area contributed by atoms with Gasteiger partial charge in [-0.05, 0) is 57.1 Å². The molecule has 1 aromatic carbocycles. The van der Waals surface area contributed by atoms with E-state index in [4.69, 9.17) is 4.74 Å². The van der Waals surface area contributed by atoms with Crippen LogP contribution in [0.25, 0.3) is 0 Å². The number of hydrogen-bond donors (Lipinski definition) is 1. The van der Waals surface area contributed by atoms with Gasteiger partial charge in [-0.2, -0.15) is 0 Å². The molecule has 1 rings (SSSR count). The highest BCUT2D eigenvalue weighted by molar-refractivity contribution is 9.10. The van der Waals surface area contributed by atoms with Gasteiger partial charge in [-0.15, -0.1) is 4.31 Å². The third kappa shape index (κ3) is 5.80. The molecule has 10 heteroatoms. The Balaban J connectivity index is 3.87. The van der Waals surface area contributed by atoms with Gasteiger partial charge >= 0.3 is 12.2 Å². The van der Waals surface area contributed by atoms with Crippen molar-refractivity contribution < 1.29 is 23.6 Å². The molecule has 1 N–H and O–H groups in total. The van der Waals surface area contributed by atoms with Crippen molar-refractivity contribution in [2.45, 2.75) is 70.2 Å². The van der Waals surface area contributed by atoms with Crippen molar-refractivity contribution in [3.8, 4) is 0 Å². The Bertz CT molecular complexity index is 881. The van der Waals surface area contributed by atoms with Crippen molar-refractivity contribution in [1.82, 2.24) is 4.31 Å². The fraction of sp³-hybridized carbons (Fsp3) is 0.556. The van der Waals surface area contributed by atoms with Gasteiger partial charge in [0.15, 0.2) is 18.2 Å². The second-order valence-corrected chi connectivity index (χ2v) is 17.0. The number of imide groups is 1. The minimum absolute atomic E-state index is 0.125. The molecule has 0 aromatic heterocycles. The second kappa shape index (κ2) is 8.15. The molecule has 28 heavy (non-hydrogen) atoms. The third-order valence-corrected chi connectivity index (χ3v) is 12.9. The molecular weight excluding hydrogens is 464 g/mol. The Kier molecular flexibility index (Phi) is 7.18. The zero-order valence-electron chi connectivity index (χ0n) is 17.6. The number of nitrogens with zero attached hydrogens (tertiary/aromatic N) is 2. The maximum atomic E-state index is 14.2.